The Balaban J connectivity index is 2.17. The summed E-state index contributed by atoms with van der Waals surface area (Å²) < 4.78 is 5.38. The molecular formula is C17H13NO5. The van der Waals surface area contributed by atoms with Crippen molar-refractivity contribution in [3.63, 3.8) is 0 Å². The van der Waals surface area contributed by atoms with Crippen LogP contribution in [0.1, 0.15) is 12.0 Å². The highest BCUT2D eigenvalue weighted by Gasteiger charge is 2.25. The second kappa shape index (κ2) is 5.92. The third kappa shape index (κ3) is 2.91. The summed E-state index contributed by atoms with van der Waals surface area (Å²) in [6.45, 7) is 0. The number of hydrogen-bond acceptors (Lipinski definition) is 4. The Bertz CT molecular complexity index is 883. The molecule has 1 aromatic heterocycles. The Kier molecular flexibility index (Phi) is 3.80. The number of fused-ring (bicyclic) bond motifs is 1. The number of rotatable bonds is 5. The summed E-state index contributed by atoms with van der Waals surface area (Å²) in [5, 5.41) is 20.7. The first-order chi connectivity index (χ1) is 11.1. The summed E-state index contributed by atoms with van der Waals surface area (Å²) >= 11 is 0. The molecule has 3 aromatic rings. The van der Waals surface area contributed by atoms with E-state index < -0.39 is 10.9 Å². The molecule has 0 aliphatic heterocycles. The fourth-order valence-corrected chi connectivity index (χ4v) is 2.55. The molecule has 0 spiro atoms. The number of furan rings is 1. The first-order valence-corrected chi connectivity index (χ1v) is 7.03. The van der Waals surface area contributed by atoms with Crippen LogP contribution >= 0.6 is 0 Å². The van der Waals surface area contributed by atoms with E-state index in [1.807, 2.05) is 6.07 Å². The van der Waals surface area contributed by atoms with Crippen molar-refractivity contribution in [3.05, 3.63) is 64.2 Å². The zero-order valence-electron chi connectivity index (χ0n) is 12.1. The molecule has 0 bridgehead atoms. The van der Waals surface area contributed by atoms with E-state index in [2.05, 4.69) is 0 Å². The highest BCUT2D eigenvalue weighted by atomic mass is 16.6. The Morgan fingerprint density at radius 3 is 2.57 bits per heavy atom. The van der Waals surface area contributed by atoms with Gasteiger partial charge in [0.2, 0.25) is 0 Å². The summed E-state index contributed by atoms with van der Waals surface area (Å²) in [6.07, 6.45) is 0.366. The molecule has 0 saturated heterocycles. The lowest BCUT2D eigenvalue weighted by Crippen LogP contribution is -1.97. The molecule has 0 radical (unpaired) electrons. The van der Waals surface area contributed by atoms with Crippen LogP contribution in [-0.2, 0) is 11.2 Å². The number of carboxylic acids is 1. The SMILES string of the molecule is O=C(O)CCc1ccc2oc([N+](=O)[O-])c(-c3ccccc3)c2c1. The van der Waals surface area contributed by atoms with Crippen LogP contribution in [0.25, 0.3) is 22.1 Å². The third-order valence-corrected chi connectivity index (χ3v) is 3.59. The highest BCUT2D eigenvalue weighted by molar-refractivity contribution is 5.99. The average Bonchev–Trinajstić information content (AvgIpc) is 2.92. The standard InChI is InChI=1S/C17H13NO5/c19-15(20)9-7-11-6-8-14-13(10-11)16(17(23-14)18(21)22)12-4-2-1-3-5-12/h1-6,8,10H,7,9H2,(H,19,20). The summed E-state index contributed by atoms with van der Waals surface area (Å²) in [4.78, 5) is 21.5. The van der Waals surface area contributed by atoms with Gasteiger partial charge in [-0.3, -0.25) is 14.9 Å². The molecule has 0 fully saturated rings. The molecule has 3 rings (SSSR count). The first-order valence-electron chi connectivity index (χ1n) is 7.03. The molecule has 0 aliphatic rings. The number of carbonyl (C=O) groups is 1. The normalized spacial score (nSPS) is 10.8. The van der Waals surface area contributed by atoms with Gasteiger partial charge in [-0.25, -0.2) is 0 Å². The van der Waals surface area contributed by atoms with E-state index in [-0.39, 0.29) is 12.3 Å². The van der Waals surface area contributed by atoms with Crippen molar-refractivity contribution in [2.45, 2.75) is 12.8 Å². The number of nitrogens with zero attached hydrogens (tertiary/aromatic N) is 1. The van der Waals surface area contributed by atoms with Gasteiger partial charge in [-0.05, 0) is 29.7 Å². The van der Waals surface area contributed by atoms with Crippen molar-refractivity contribution in [3.8, 4) is 11.1 Å². The molecule has 6 nitrogen and oxygen atoms in total. The summed E-state index contributed by atoms with van der Waals surface area (Å²) in [6, 6.07) is 14.1. The molecular weight excluding hydrogens is 298 g/mol. The van der Waals surface area contributed by atoms with Gasteiger partial charge in [-0.2, -0.15) is 0 Å². The maximum atomic E-state index is 11.3. The molecule has 0 aliphatic carbocycles. The van der Waals surface area contributed by atoms with E-state index in [4.69, 9.17) is 9.52 Å². The Hall–Kier alpha value is -3.15. The number of aryl methyl sites for hydroxylation is 1. The largest absolute Gasteiger partial charge is 0.481 e. The Labute approximate surface area is 131 Å². The van der Waals surface area contributed by atoms with E-state index in [1.165, 1.54) is 0 Å². The maximum Gasteiger partial charge on any atom is 0.442 e. The van der Waals surface area contributed by atoms with Crippen LogP contribution in [0.15, 0.2) is 52.9 Å². The Morgan fingerprint density at radius 2 is 1.91 bits per heavy atom. The minimum absolute atomic E-state index is 0.00607. The van der Waals surface area contributed by atoms with Crippen molar-refractivity contribution in [1.29, 1.82) is 0 Å². The van der Waals surface area contributed by atoms with Gasteiger partial charge in [0, 0.05) is 11.8 Å². The quantitative estimate of drug-likeness (QED) is 0.567. The lowest BCUT2D eigenvalue weighted by Gasteiger charge is -2.01. The van der Waals surface area contributed by atoms with Crippen molar-refractivity contribution >= 4 is 22.8 Å². The van der Waals surface area contributed by atoms with Crippen molar-refractivity contribution < 1.29 is 19.2 Å². The first kappa shape index (κ1) is 14.8. The van der Waals surface area contributed by atoms with Crippen molar-refractivity contribution in [2.24, 2.45) is 0 Å². The van der Waals surface area contributed by atoms with Gasteiger partial charge in [0.05, 0.1) is 0 Å². The van der Waals surface area contributed by atoms with Crippen LogP contribution in [0.4, 0.5) is 5.88 Å². The molecule has 0 amide bonds. The zero-order valence-corrected chi connectivity index (χ0v) is 12.1. The van der Waals surface area contributed by atoms with Gasteiger partial charge < -0.3 is 9.52 Å². The summed E-state index contributed by atoms with van der Waals surface area (Å²) in [5.41, 5.74) is 2.32. The minimum Gasteiger partial charge on any atom is -0.481 e. The second-order valence-corrected chi connectivity index (χ2v) is 5.13. The fourth-order valence-electron chi connectivity index (χ4n) is 2.55. The molecule has 23 heavy (non-hydrogen) atoms. The van der Waals surface area contributed by atoms with E-state index in [9.17, 15) is 14.9 Å². The van der Waals surface area contributed by atoms with Gasteiger partial charge >= 0.3 is 11.9 Å². The number of aliphatic carboxylic acids is 1. The molecule has 2 aromatic carbocycles. The van der Waals surface area contributed by atoms with Gasteiger partial charge in [-0.1, -0.05) is 36.4 Å². The van der Waals surface area contributed by atoms with Gasteiger partial charge in [0.15, 0.2) is 0 Å². The fraction of sp³-hybridized carbons (Fsp3) is 0.118. The van der Waals surface area contributed by atoms with E-state index in [0.717, 1.165) is 5.56 Å². The third-order valence-electron chi connectivity index (χ3n) is 3.59. The lowest BCUT2D eigenvalue weighted by atomic mass is 10.0. The monoisotopic (exact) mass is 311 g/mol. The predicted molar refractivity (Wildman–Crippen MR) is 84.3 cm³/mol. The van der Waals surface area contributed by atoms with Crippen LogP contribution in [-0.4, -0.2) is 16.0 Å². The van der Waals surface area contributed by atoms with Gasteiger partial charge in [0.25, 0.3) is 0 Å². The zero-order chi connectivity index (χ0) is 16.4. The molecule has 1 N–H and O–H groups in total. The number of nitro groups is 1. The van der Waals surface area contributed by atoms with Crippen LogP contribution in [0.2, 0.25) is 0 Å². The molecule has 0 atom stereocenters. The Morgan fingerprint density at radius 1 is 1.17 bits per heavy atom. The lowest BCUT2D eigenvalue weighted by molar-refractivity contribution is -0.400. The average molecular weight is 311 g/mol. The van der Waals surface area contributed by atoms with Crippen LogP contribution < -0.4 is 0 Å². The summed E-state index contributed by atoms with van der Waals surface area (Å²) in [5.74, 6) is -1.19. The predicted octanol–water partition coefficient (Wildman–Crippen LogP) is 4.03. The van der Waals surface area contributed by atoms with Crippen LogP contribution in [0, 0.1) is 10.1 Å². The highest BCUT2D eigenvalue weighted by Crippen LogP contribution is 2.40. The van der Waals surface area contributed by atoms with E-state index in [0.29, 0.717) is 28.5 Å². The van der Waals surface area contributed by atoms with Crippen molar-refractivity contribution in [1.82, 2.24) is 0 Å². The van der Waals surface area contributed by atoms with Crippen LogP contribution in [0.5, 0.6) is 0 Å². The molecule has 0 unspecified atom stereocenters. The van der Waals surface area contributed by atoms with Crippen LogP contribution in [0.3, 0.4) is 0 Å². The smallest absolute Gasteiger partial charge is 0.442 e. The molecule has 116 valence electrons. The van der Waals surface area contributed by atoms with Gasteiger partial charge in [0.1, 0.15) is 16.1 Å². The molecule has 0 saturated carbocycles. The summed E-state index contributed by atoms with van der Waals surface area (Å²) in [7, 11) is 0. The van der Waals surface area contributed by atoms with E-state index >= 15 is 0 Å². The number of benzene rings is 2. The second-order valence-electron chi connectivity index (χ2n) is 5.13. The van der Waals surface area contributed by atoms with Crippen molar-refractivity contribution in [2.75, 3.05) is 0 Å². The van der Waals surface area contributed by atoms with E-state index in [1.54, 1.807) is 42.5 Å². The molecule has 6 heteroatoms. The van der Waals surface area contributed by atoms with Gasteiger partial charge in [-0.15, -0.1) is 0 Å². The number of hydrogen-bond donors (Lipinski definition) is 1. The number of carboxylic acid groups (broad SMARTS) is 1. The minimum atomic E-state index is -0.883. The topological polar surface area (TPSA) is 93.6 Å². The maximum absolute atomic E-state index is 11.3. The molecule has 1 heterocycles.